The Kier molecular flexibility index (Phi) is 3.71. The van der Waals surface area contributed by atoms with Crippen LogP contribution < -0.4 is 5.32 Å². The number of rotatable bonds is 4. The molecule has 3 rings (SSSR count). The number of aromatic nitrogens is 2. The number of hydrogen-bond acceptors (Lipinski definition) is 4. The van der Waals surface area contributed by atoms with Crippen molar-refractivity contribution < 1.29 is 13.9 Å². The lowest BCUT2D eigenvalue weighted by atomic mass is 9.98. The maximum absolute atomic E-state index is 13.0. The maximum Gasteiger partial charge on any atom is 0.297 e. The number of anilines is 1. The van der Waals surface area contributed by atoms with E-state index in [4.69, 9.17) is 0 Å². The fourth-order valence-corrected chi connectivity index (χ4v) is 2.91. The van der Waals surface area contributed by atoms with Gasteiger partial charge in [0.15, 0.2) is 5.82 Å². The van der Waals surface area contributed by atoms with Crippen LogP contribution in [0.4, 0.5) is 14.6 Å². The van der Waals surface area contributed by atoms with Crippen LogP contribution in [0.1, 0.15) is 37.9 Å². The highest BCUT2D eigenvalue weighted by Gasteiger charge is 2.34. The summed E-state index contributed by atoms with van der Waals surface area (Å²) in [5.41, 5.74) is 0.0210. The predicted molar refractivity (Wildman–Crippen MR) is 76.4 cm³/mol. The second kappa shape index (κ2) is 5.52. The number of halogens is 2. The van der Waals surface area contributed by atoms with Crippen molar-refractivity contribution in [3.63, 3.8) is 0 Å². The normalized spacial score (nSPS) is 17.5. The molecular formula is C15H17F2N3O. The number of aliphatic hydroxyl groups excluding tert-OH is 1. The van der Waals surface area contributed by atoms with Gasteiger partial charge >= 0.3 is 0 Å². The van der Waals surface area contributed by atoms with Crippen molar-refractivity contribution in [2.75, 3.05) is 11.9 Å². The Labute approximate surface area is 121 Å². The van der Waals surface area contributed by atoms with Crippen molar-refractivity contribution in [2.24, 2.45) is 0 Å². The van der Waals surface area contributed by atoms with Gasteiger partial charge in [-0.3, -0.25) is 0 Å². The lowest BCUT2D eigenvalue weighted by Crippen LogP contribution is -2.39. The minimum Gasteiger partial charge on any atom is -0.394 e. The minimum absolute atomic E-state index is 0.0324. The van der Waals surface area contributed by atoms with Crippen molar-refractivity contribution in [2.45, 2.75) is 37.6 Å². The van der Waals surface area contributed by atoms with Crippen LogP contribution in [-0.2, 0) is 0 Å². The zero-order valence-corrected chi connectivity index (χ0v) is 11.5. The molecule has 0 bridgehead atoms. The standard InChI is InChI=1S/C15H17F2N3O/c16-12(17)14-18-11-6-2-1-5-10(11)13(19-14)20-15(9-21)7-3-4-8-15/h1-2,5-6,12,21H,3-4,7-9H2,(H,18,19,20). The van der Waals surface area contributed by atoms with Crippen LogP contribution in [0.15, 0.2) is 24.3 Å². The van der Waals surface area contributed by atoms with E-state index in [0.29, 0.717) is 16.7 Å². The smallest absolute Gasteiger partial charge is 0.297 e. The van der Waals surface area contributed by atoms with E-state index in [1.54, 1.807) is 18.2 Å². The zero-order valence-electron chi connectivity index (χ0n) is 11.5. The second-order valence-electron chi connectivity index (χ2n) is 5.52. The molecule has 112 valence electrons. The van der Waals surface area contributed by atoms with Crippen LogP contribution in [0.5, 0.6) is 0 Å². The monoisotopic (exact) mass is 293 g/mol. The summed E-state index contributed by atoms with van der Waals surface area (Å²) in [5, 5.41) is 13.6. The topological polar surface area (TPSA) is 58.0 Å². The van der Waals surface area contributed by atoms with Crippen molar-refractivity contribution in [1.82, 2.24) is 9.97 Å². The molecule has 1 fully saturated rings. The average Bonchev–Trinajstić information content (AvgIpc) is 2.96. The average molecular weight is 293 g/mol. The van der Waals surface area contributed by atoms with Crippen LogP contribution in [0.2, 0.25) is 0 Å². The summed E-state index contributed by atoms with van der Waals surface area (Å²) in [6.45, 7) is -0.0324. The Bertz CT molecular complexity index is 642. The number of alkyl halides is 2. The van der Waals surface area contributed by atoms with E-state index in [1.165, 1.54) is 0 Å². The molecule has 1 aromatic carbocycles. The second-order valence-corrected chi connectivity index (χ2v) is 5.52. The highest BCUT2D eigenvalue weighted by molar-refractivity contribution is 5.89. The molecule has 0 radical (unpaired) electrons. The molecule has 2 N–H and O–H groups in total. The van der Waals surface area contributed by atoms with Gasteiger partial charge in [-0.25, -0.2) is 18.7 Å². The molecule has 0 aliphatic heterocycles. The van der Waals surface area contributed by atoms with Gasteiger partial charge in [0.1, 0.15) is 5.82 Å². The van der Waals surface area contributed by atoms with Crippen molar-refractivity contribution >= 4 is 16.7 Å². The summed E-state index contributed by atoms with van der Waals surface area (Å²) in [6, 6.07) is 7.06. The van der Waals surface area contributed by atoms with Crippen molar-refractivity contribution in [3.05, 3.63) is 30.1 Å². The molecule has 2 aromatic rings. The van der Waals surface area contributed by atoms with Crippen LogP contribution in [0, 0.1) is 0 Å². The van der Waals surface area contributed by atoms with E-state index in [2.05, 4.69) is 15.3 Å². The first kappa shape index (κ1) is 14.1. The van der Waals surface area contributed by atoms with Crippen LogP contribution in [0.3, 0.4) is 0 Å². The lowest BCUT2D eigenvalue weighted by Gasteiger charge is -2.29. The Morgan fingerprint density at radius 3 is 2.57 bits per heavy atom. The quantitative estimate of drug-likeness (QED) is 0.908. The van der Waals surface area contributed by atoms with Gasteiger partial charge in [0.05, 0.1) is 17.7 Å². The Morgan fingerprint density at radius 1 is 1.19 bits per heavy atom. The van der Waals surface area contributed by atoms with Gasteiger partial charge in [0.25, 0.3) is 6.43 Å². The van der Waals surface area contributed by atoms with Crippen LogP contribution >= 0.6 is 0 Å². The summed E-state index contributed by atoms with van der Waals surface area (Å²) >= 11 is 0. The molecule has 21 heavy (non-hydrogen) atoms. The molecule has 4 nitrogen and oxygen atoms in total. The highest BCUT2D eigenvalue weighted by atomic mass is 19.3. The summed E-state index contributed by atoms with van der Waals surface area (Å²) in [5.74, 6) is -0.103. The number of hydrogen-bond donors (Lipinski definition) is 2. The SMILES string of the molecule is OCC1(Nc2nc(C(F)F)nc3ccccc23)CCCC1. The first-order chi connectivity index (χ1) is 10.1. The minimum atomic E-state index is -2.72. The van der Waals surface area contributed by atoms with E-state index in [0.717, 1.165) is 25.7 Å². The molecule has 1 heterocycles. The van der Waals surface area contributed by atoms with Gasteiger partial charge in [-0.1, -0.05) is 25.0 Å². The lowest BCUT2D eigenvalue weighted by molar-refractivity contribution is 0.141. The zero-order chi connectivity index (χ0) is 14.9. The maximum atomic E-state index is 13.0. The summed E-state index contributed by atoms with van der Waals surface area (Å²) in [7, 11) is 0. The van der Waals surface area contributed by atoms with Gasteiger partial charge in [-0.2, -0.15) is 0 Å². The fraction of sp³-hybridized carbons (Fsp3) is 0.467. The summed E-state index contributed by atoms with van der Waals surface area (Å²) < 4.78 is 25.9. The van der Waals surface area contributed by atoms with Gasteiger partial charge < -0.3 is 10.4 Å². The van der Waals surface area contributed by atoms with Gasteiger partial charge in [0.2, 0.25) is 0 Å². The number of nitrogens with one attached hydrogen (secondary N) is 1. The van der Waals surface area contributed by atoms with E-state index < -0.39 is 17.8 Å². The third-order valence-electron chi connectivity index (χ3n) is 4.06. The Hall–Kier alpha value is -1.82. The predicted octanol–water partition coefficient (Wildman–Crippen LogP) is 3.28. The molecule has 1 aliphatic carbocycles. The largest absolute Gasteiger partial charge is 0.394 e. The molecule has 0 atom stereocenters. The third-order valence-corrected chi connectivity index (χ3v) is 4.06. The molecular weight excluding hydrogens is 276 g/mol. The van der Waals surface area contributed by atoms with E-state index in [-0.39, 0.29) is 6.61 Å². The highest BCUT2D eigenvalue weighted by Crippen LogP contribution is 2.34. The van der Waals surface area contributed by atoms with E-state index in [1.807, 2.05) is 6.07 Å². The number of aliphatic hydroxyl groups is 1. The molecule has 6 heteroatoms. The number of fused-ring (bicyclic) bond motifs is 1. The fourth-order valence-electron chi connectivity index (χ4n) is 2.91. The van der Waals surface area contributed by atoms with Gasteiger partial charge in [-0.05, 0) is 25.0 Å². The molecule has 1 aromatic heterocycles. The third kappa shape index (κ3) is 2.68. The first-order valence-electron chi connectivity index (χ1n) is 7.07. The van der Waals surface area contributed by atoms with E-state index in [9.17, 15) is 13.9 Å². The summed E-state index contributed by atoms with van der Waals surface area (Å²) in [6.07, 6.45) is 0.928. The van der Waals surface area contributed by atoms with Gasteiger partial charge in [0, 0.05) is 5.39 Å². The summed E-state index contributed by atoms with van der Waals surface area (Å²) in [4.78, 5) is 7.87. The molecule has 0 unspecified atom stereocenters. The van der Waals surface area contributed by atoms with E-state index >= 15 is 0 Å². The van der Waals surface area contributed by atoms with Gasteiger partial charge in [-0.15, -0.1) is 0 Å². The number of nitrogens with zero attached hydrogens (tertiary/aromatic N) is 2. The molecule has 1 saturated carbocycles. The first-order valence-corrected chi connectivity index (χ1v) is 7.07. The number of para-hydroxylation sites is 1. The Balaban J connectivity index is 2.07. The molecule has 0 amide bonds. The van der Waals surface area contributed by atoms with Crippen LogP contribution in [0.25, 0.3) is 10.9 Å². The molecule has 1 aliphatic rings. The Morgan fingerprint density at radius 2 is 1.90 bits per heavy atom. The molecule has 0 spiro atoms. The van der Waals surface area contributed by atoms with Crippen molar-refractivity contribution in [3.8, 4) is 0 Å². The number of benzene rings is 1. The molecule has 0 saturated heterocycles. The van der Waals surface area contributed by atoms with Crippen molar-refractivity contribution in [1.29, 1.82) is 0 Å². The van der Waals surface area contributed by atoms with Crippen LogP contribution in [-0.4, -0.2) is 27.2 Å².